The molecule has 1 aromatic carbocycles. The summed E-state index contributed by atoms with van der Waals surface area (Å²) >= 11 is 0. The van der Waals surface area contributed by atoms with Crippen molar-refractivity contribution in [2.75, 3.05) is 27.6 Å². The maximum Gasteiger partial charge on any atom is 0.146 e. The number of carbonyl (C=O) groups excluding carboxylic acids is 1. The van der Waals surface area contributed by atoms with E-state index in [-0.39, 0.29) is 30.5 Å². The molecule has 136 valence electrons. The van der Waals surface area contributed by atoms with Crippen molar-refractivity contribution in [1.82, 2.24) is 0 Å². The predicted molar refractivity (Wildman–Crippen MR) is 93.0 cm³/mol. The third-order valence-corrected chi connectivity index (χ3v) is 4.10. The predicted octanol–water partition coefficient (Wildman–Crippen LogP) is 3.45. The van der Waals surface area contributed by atoms with Crippen LogP contribution in [-0.4, -0.2) is 39.5 Å². The van der Waals surface area contributed by atoms with E-state index < -0.39 is 0 Å². The summed E-state index contributed by atoms with van der Waals surface area (Å²) < 4.78 is 21.7. The number of ether oxygens (including phenoxy) is 4. The van der Waals surface area contributed by atoms with Crippen LogP contribution in [0.5, 0.6) is 5.75 Å². The van der Waals surface area contributed by atoms with Crippen LogP contribution in [-0.2, 0) is 25.6 Å². The Bertz CT molecular complexity index is 471. The molecule has 0 unspecified atom stereocenters. The Labute approximate surface area is 145 Å². The van der Waals surface area contributed by atoms with Crippen LogP contribution in [0.3, 0.4) is 0 Å². The molecule has 0 aliphatic heterocycles. The number of hydrogen-bond acceptors (Lipinski definition) is 5. The first kappa shape index (κ1) is 20.6. The monoisotopic (exact) mass is 338 g/mol. The molecule has 0 radical (unpaired) electrons. The lowest BCUT2D eigenvalue weighted by Crippen LogP contribution is -2.36. The Morgan fingerprint density at radius 2 is 1.79 bits per heavy atom. The first-order chi connectivity index (χ1) is 11.5. The topological polar surface area (TPSA) is 54.0 Å². The van der Waals surface area contributed by atoms with Crippen molar-refractivity contribution in [2.45, 2.75) is 39.9 Å². The number of rotatable bonds is 12. The van der Waals surface area contributed by atoms with Crippen LogP contribution in [0.15, 0.2) is 24.3 Å². The quantitative estimate of drug-likeness (QED) is 0.546. The first-order valence-electron chi connectivity index (χ1n) is 8.37. The van der Waals surface area contributed by atoms with Crippen LogP contribution in [0.25, 0.3) is 0 Å². The third kappa shape index (κ3) is 6.59. The standard InChI is InChI=1S/C19H30O5/c1-6-18(20)15(3)19(24-13-21-4)14(2)11-23-12-16-7-9-17(22-5)10-8-16/h7-10,14-15,19H,6,11-13H2,1-5H3/t14-,15-,19-/m0/s1. The molecule has 0 saturated carbocycles. The minimum absolute atomic E-state index is 0.0869. The second-order valence-electron chi connectivity index (χ2n) is 5.99. The molecule has 0 fully saturated rings. The van der Waals surface area contributed by atoms with Crippen molar-refractivity contribution >= 4 is 5.78 Å². The summed E-state index contributed by atoms with van der Waals surface area (Å²) in [6.45, 7) is 7.02. The molecule has 0 bridgehead atoms. The Morgan fingerprint density at radius 3 is 2.33 bits per heavy atom. The van der Waals surface area contributed by atoms with Gasteiger partial charge >= 0.3 is 0 Å². The highest BCUT2D eigenvalue weighted by atomic mass is 16.7. The molecular weight excluding hydrogens is 308 g/mol. The SMILES string of the molecule is CCC(=O)[C@H](C)[C@@H](OCOC)[C@@H](C)COCc1ccc(OC)cc1. The molecule has 24 heavy (non-hydrogen) atoms. The molecule has 0 heterocycles. The van der Waals surface area contributed by atoms with Gasteiger partial charge in [-0.2, -0.15) is 0 Å². The zero-order valence-corrected chi connectivity index (χ0v) is 15.4. The summed E-state index contributed by atoms with van der Waals surface area (Å²) in [5, 5.41) is 0. The van der Waals surface area contributed by atoms with Gasteiger partial charge in [0.15, 0.2) is 0 Å². The van der Waals surface area contributed by atoms with Crippen LogP contribution in [0.1, 0.15) is 32.8 Å². The van der Waals surface area contributed by atoms with Gasteiger partial charge in [0.2, 0.25) is 0 Å². The number of ketones is 1. The fraction of sp³-hybridized carbons (Fsp3) is 0.632. The third-order valence-electron chi connectivity index (χ3n) is 4.10. The summed E-state index contributed by atoms with van der Waals surface area (Å²) in [6, 6.07) is 7.78. The Morgan fingerprint density at radius 1 is 1.12 bits per heavy atom. The van der Waals surface area contributed by atoms with Gasteiger partial charge in [-0.1, -0.05) is 32.9 Å². The fourth-order valence-corrected chi connectivity index (χ4v) is 2.63. The first-order valence-corrected chi connectivity index (χ1v) is 8.37. The molecule has 0 aromatic heterocycles. The van der Waals surface area contributed by atoms with E-state index in [1.807, 2.05) is 45.0 Å². The van der Waals surface area contributed by atoms with Crippen LogP contribution in [0.4, 0.5) is 0 Å². The summed E-state index contributed by atoms with van der Waals surface area (Å²) in [5.74, 6) is 0.929. The minimum Gasteiger partial charge on any atom is -0.497 e. The lowest BCUT2D eigenvalue weighted by molar-refractivity contribution is -0.142. The molecule has 0 saturated heterocycles. The molecule has 0 aliphatic rings. The van der Waals surface area contributed by atoms with Gasteiger partial charge in [-0.05, 0) is 17.7 Å². The van der Waals surface area contributed by atoms with Crippen LogP contribution in [0, 0.1) is 11.8 Å². The van der Waals surface area contributed by atoms with Crippen molar-refractivity contribution in [3.63, 3.8) is 0 Å². The van der Waals surface area contributed by atoms with E-state index >= 15 is 0 Å². The second-order valence-corrected chi connectivity index (χ2v) is 5.99. The van der Waals surface area contributed by atoms with Crippen LogP contribution < -0.4 is 4.74 Å². The number of Topliss-reactive ketones (excluding diaryl/α,β-unsaturated/α-hetero) is 1. The lowest BCUT2D eigenvalue weighted by atomic mass is 9.89. The average Bonchev–Trinajstić information content (AvgIpc) is 2.61. The van der Waals surface area contributed by atoms with Crippen LogP contribution in [0.2, 0.25) is 0 Å². The van der Waals surface area contributed by atoms with Gasteiger partial charge in [-0.3, -0.25) is 4.79 Å². The normalized spacial score (nSPS) is 14.9. The van der Waals surface area contributed by atoms with Crippen molar-refractivity contribution in [3.05, 3.63) is 29.8 Å². The fourth-order valence-electron chi connectivity index (χ4n) is 2.63. The molecule has 1 aromatic rings. The maximum atomic E-state index is 12.0. The molecule has 0 spiro atoms. The van der Waals surface area contributed by atoms with Gasteiger partial charge in [-0.15, -0.1) is 0 Å². The van der Waals surface area contributed by atoms with Gasteiger partial charge in [0.25, 0.3) is 0 Å². The molecule has 0 N–H and O–H groups in total. The van der Waals surface area contributed by atoms with E-state index in [1.165, 1.54) is 0 Å². The highest BCUT2D eigenvalue weighted by molar-refractivity contribution is 5.80. The van der Waals surface area contributed by atoms with E-state index in [0.29, 0.717) is 19.6 Å². The molecule has 5 nitrogen and oxygen atoms in total. The van der Waals surface area contributed by atoms with E-state index in [1.54, 1.807) is 14.2 Å². The van der Waals surface area contributed by atoms with E-state index in [9.17, 15) is 4.79 Å². The summed E-state index contributed by atoms with van der Waals surface area (Å²) in [6.07, 6.45) is 0.293. The van der Waals surface area contributed by atoms with E-state index in [2.05, 4.69) is 0 Å². The molecule has 5 heteroatoms. The Kier molecular flexibility index (Phi) is 9.60. The zero-order valence-electron chi connectivity index (χ0n) is 15.4. The zero-order chi connectivity index (χ0) is 17.9. The Balaban J connectivity index is 2.53. The van der Waals surface area contributed by atoms with Gasteiger partial charge < -0.3 is 18.9 Å². The summed E-state index contributed by atoms with van der Waals surface area (Å²) in [7, 11) is 3.22. The molecule has 0 amide bonds. The number of methoxy groups -OCH3 is 2. The van der Waals surface area contributed by atoms with Gasteiger partial charge in [0, 0.05) is 25.4 Å². The number of benzene rings is 1. The van der Waals surface area contributed by atoms with E-state index in [4.69, 9.17) is 18.9 Å². The molecular formula is C19H30O5. The highest BCUT2D eigenvalue weighted by Crippen LogP contribution is 2.20. The molecule has 3 atom stereocenters. The van der Waals surface area contributed by atoms with Crippen LogP contribution >= 0.6 is 0 Å². The molecule has 1 rings (SSSR count). The van der Waals surface area contributed by atoms with Crippen molar-refractivity contribution in [1.29, 1.82) is 0 Å². The highest BCUT2D eigenvalue weighted by Gasteiger charge is 2.28. The van der Waals surface area contributed by atoms with Gasteiger partial charge in [0.05, 0.1) is 26.4 Å². The van der Waals surface area contributed by atoms with Crippen molar-refractivity contribution in [2.24, 2.45) is 11.8 Å². The van der Waals surface area contributed by atoms with Crippen molar-refractivity contribution in [3.8, 4) is 5.75 Å². The minimum atomic E-state index is -0.215. The van der Waals surface area contributed by atoms with Gasteiger partial charge in [0.1, 0.15) is 18.3 Å². The van der Waals surface area contributed by atoms with Crippen molar-refractivity contribution < 1.29 is 23.7 Å². The lowest BCUT2D eigenvalue weighted by Gasteiger charge is -2.28. The maximum absolute atomic E-state index is 12.0. The average molecular weight is 338 g/mol. The largest absolute Gasteiger partial charge is 0.497 e. The Hall–Kier alpha value is -1.43. The summed E-state index contributed by atoms with van der Waals surface area (Å²) in [5.41, 5.74) is 1.08. The smallest absolute Gasteiger partial charge is 0.146 e. The van der Waals surface area contributed by atoms with Gasteiger partial charge in [-0.25, -0.2) is 0 Å². The second kappa shape index (κ2) is 11.2. The number of hydrogen-bond donors (Lipinski definition) is 0. The number of carbonyl (C=O) groups is 1. The summed E-state index contributed by atoms with van der Waals surface area (Å²) in [4.78, 5) is 12.0. The van der Waals surface area contributed by atoms with E-state index in [0.717, 1.165) is 11.3 Å². The molecule has 0 aliphatic carbocycles.